The predicted octanol–water partition coefficient (Wildman–Crippen LogP) is 3.58. The molecule has 1 fully saturated rings. The van der Waals surface area contributed by atoms with Gasteiger partial charge in [0.2, 0.25) is 10.0 Å². The van der Waals surface area contributed by atoms with E-state index in [1.165, 1.54) is 21.7 Å². The zero-order valence-electron chi connectivity index (χ0n) is 14.8. The topological polar surface area (TPSA) is 76.6 Å². The number of hydrogen-bond acceptors (Lipinski definition) is 6. The van der Waals surface area contributed by atoms with E-state index in [2.05, 4.69) is 4.98 Å². The lowest BCUT2D eigenvalue weighted by atomic mass is 10.2. The maximum Gasteiger partial charge on any atom is 0.338 e. The minimum atomic E-state index is -3.97. The second kappa shape index (κ2) is 7.57. The number of fused-ring (bicyclic) bond motifs is 1. The van der Waals surface area contributed by atoms with E-state index in [-0.39, 0.29) is 12.2 Å². The third-order valence-electron chi connectivity index (χ3n) is 4.51. The molecule has 0 aliphatic carbocycles. The van der Waals surface area contributed by atoms with E-state index in [9.17, 15) is 17.6 Å². The molecule has 1 saturated heterocycles. The van der Waals surface area contributed by atoms with E-state index >= 15 is 0 Å². The van der Waals surface area contributed by atoms with E-state index in [1.54, 1.807) is 0 Å². The van der Waals surface area contributed by atoms with Gasteiger partial charge in [-0.15, -0.1) is 11.3 Å². The monoisotopic (exact) mass is 420 g/mol. The molecule has 0 unspecified atom stereocenters. The second-order valence-corrected chi connectivity index (χ2v) is 9.43. The van der Waals surface area contributed by atoms with Crippen LogP contribution in [0.5, 0.6) is 0 Å². The van der Waals surface area contributed by atoms with Gasteiger partial charge in [-0.05, 0) is 43.2 Å². The maximum atomic E-state index is 14.2. The molecule has 4 rings (SSSR count). The lowest BCUT2D eigenvalue weighted by molar-refractivity contribution is 0.0472. The number of sulfonamides is 1. The van der Waals surface area contributed by atoms with Crippen molar-refractivity contribution in [1.29, 1.82) is 0 Å². The molecule has 0 spiro atoms. The Labute approximate surface area is 165 Å². The van der Waals surface area contributed by atoms with Gasteiger partial charge in [-0.1, -0.05) is 12.1 Å². The zero-order chi connectivity index (χ0) is 19.7. The van der Waals surface area contributed by atoms with E-state index in [1.807, 2.05) is 24.3 Å². The maximum absolute atomic E-state index is 14.2. The number of thiazole rings is 1. The summed E-state index contributed by atoms with van der Waals surface area (Å²) in [5.74, 6) is -1.60. The highest BCUT2D eigenvalue weighted by Crippen LogP contribution is 2.25. The summed E-state index contributed by atoms with van der Waals surface area (Å²) in [6.07, 6.45) is 1.48. The lowest BCUT2D eigenvalue weighted by Gasteiger charge is -2.16. The molecule has 2 heterocycles. The van der Waals surface area contributed by atoms with E-state index in [0.29, 0.717) is 18.1 Å². The second-order valence-electron chi connectivity index (χ2n) is 6.41. The van der Waals surface area contributed by atoms with Crippen LogP contribution < -0.4 is 0 Å². The molecule has 1 aliphatic heterocycles. The Morgan fingerprint density at radius 3 is 2.68 bits per heavy atom. The fourth-order valence-electron chi connectivity index (χ4n) is 3.09. The highest BCUT2D eigenvalue weighted by Gasteiger charge is 2.30. The van der Waals surface area contributed by atoms with Gasteiger partial charge in [0.25, 0.3) is 0 Å². The van der Waals surface area contributed by atoms with Crippen molar-refractivity contribution in [2.45, 2.75) is 24.3 Å². The van der Waals surface area contributed by atoms with Crippen molar-refractivity contribution >= 4 is 37.5 Å². The number of aromatic nitrogens is 1. The van der Waals surface area contributed by atoms with Gasteiger partial charge in [0.1, 0.15) is 22.3 Å². The van der Waals surface area contributed by atoms with Gasteiger partial charge in [-0.3, -0.25) is 0 Å². The third-order valence-corrected chi connectivity index (χ3v) is 7.44. The molecule has 1 aromatic heterocycles. The average molecular weight is 420 g/mol. The smallest absolute Gasteiger partial charge is 0.338 e. The molecule has 9 heteroatoms. The van der Waals surface area contributed by atoms with Crippen molar-refractivity contribution in [3.8, 4) is 0 Å². The molecular weight excluding hydrogens is 403 g/mol. The van der Waals surface area contributed by atoms with Crippen molar-refractivity contribution in [3.05, 3.63) is 58.9 Å². The number of carbonyl (C=O) groups excluding carboxylic acids is 1. The van der Waals surface area contributed by atoms with Crippen molar-refractivity contribution in [2.75, 3.05) is 13.1 Å². The number of carbonyl (C=O) groups is 1. The van der Waals surface area contributed by atoms with Gasteiger partial charge in [0.15, 0.2) is 0 Å². The molecule has 0 N–H and O–H groups in total. The number of nitrogens with zero attached hydrogens (tertiary/aromatic N) is 2. The highest BCUT2D eigenvalue weighted by atomic mass is 32.2. The summed E-state index contributed by atoms with van der Waals surface area (Å²) in [4.78, 5) is 16.3. The van der Waals surface area contributed by atoms with E-state index in [0.717, 1.165) is 35.2 Å². The number of esters is 1. The molecule has 2 aromatic carbocycles. The molecule has 3 aromatic rings. The van der Waals surface area contributed by atoms with Crippen LogP contribution in [0.3, 0.4) is 0 Å². The molecule has 1 aliphatic rings. The van der Waals surface area contributed by atoms with Gasteiger partial charge in [0.05, 0.1) is 15.8 Å². The van der Waals surface area contributed by atoms with Crippen LogP contribution in [0, 0.1) is 5.82 Å². The summed E-state index contributed by atoms with van der Waals surface area (Å²) in [5.41, 5.74) is 0.805. The number of rotatable bonds is 5. The fraction of sp³-hybridized carbons (Fsp3) is 0.263. The van der Waals surface area contributed by atoms with Crippen LogP contribution in [0.25, 0.3) is 10.2 Å². The molecule has 28 heavy (non-hydrogen) atoms. The summed E-state index contributed by atoms with van der Waals surface area (Å²) < 4.78 is 46.9. The van der Waals surface area contributed by atoms with Crippen LogP contribution in [0.1, 0.15) is 28.2 Å². The van der Waals surface area contributed by atoms with Gasteiger partial charge >= 0.3 is 5.97 Å². The van der Waals surface area contributed by atoms with Crippen LogP contribution in [0.2, 0.25) is 0 Å². The van der Waals surface area contributed by atoms with Crippen molar-refractivity contribution in [1.82, 2.24) is 9.29 Å². The molecular formula is C19H17FN2O4S2. The summed E-state index contributed by atoms with van der Waals surface area (Å²) in [6.45, 7) is 0.672. The molecule has 6 nitrogen and oxygen atoms in total. The van der Waals surface area contributed by atoms with Gasteiger partial charge in [0, 0.05) is 13.1 Å². The Morgan fingerprint density at radius 1 is 1.18 bits per heavy atom. The Hall–Kier alpha value is -2.36. The van der Waals surface area contributed by atoms with Crippen molar-refractivity contribution in [2.24, 2.45) is 0 Å². The predicted molar refractivity (Wildman–Crippen MR) is 103 cm³/mol. The molecule has 0 atom stereocenters. The number of para-hydroxylation sites is 1. The quantitative estimate of drug-likeness (QED) is 0.590. The number of hydrogen-bond donors (Lipinski definition) is 0. The van der Waals surface area contributed by atoms with Gasteiger partial charge < -0.3 is 4.74 Å². The zero-order valence-corrected chi connectivity index (χ0v) is 16.4. The molecule has 0 saturated carbocycles. The molecule has 0 amide bonds. The minimum Gasteiger partial charge on any atom is -0.455 e. The normalized spacial score (nSPS) is 15.2. The van der Waals surface area contributed by atoms with Crippen LogP contribution in [-0.2, 0) is 21.4 Å². The van der Waals surface area contributed by atoms with Gasteiger partial charge in [-0.2, -0.15) is 4.31 Å². The Morgan fingerprint density at radius 2 is 1.93 bits per heavy atom. The summed E-state index contributed by atoms with van der Waals surface area (Å²) in [6, 6.07) is 10.8. The van der Waals surface area contributed by atoms with Crippen molar-refractivity contribution in [3.63, 3.8) is 0 Å². The average Bonchev–Trinajstić information content (AvgIpc) is 3.36. The summed E-state index contributed by atoms with van der Waals surface area (Å²) >= 11 is 1.41. The fourth-order valence-corrected chi connectivity index (χ4v) is 5.58. The summed E-state index contributed by atoms with van der Waals surface area (Å²) in [5, 5.41) is 0.626. The van der Waals surface area contributed by atoms with Gasteiger partial charge in [-0.25, -0.2) is 22.6 Å². The van der Waals surface area contributed by atoms with Crippen LogP contribution in [-0.4, -0.2) is 36.8 Å². The molecule has 0 radical (unpaired) electrons. The first kappa shape index (κ1) is 19.0. The number of benzene rings is 2. The first-order valence-corrected chi connectivity index (χ1v) is 11.0. The number of ether oxygens (including phenoxy) is 1. The highest BCUT2D eigenvalue weighted by molar-refractivity contribution is 7.89. The first-order chi connectivity index (χ1) is 13.4. The van der Waals surface area contributed by atoms with E-state index in [4.69, 9.17) is 4.74 Å². The van der Waals surface area contributed by atoms with Crippen LogP contribution in [0.15, 0.2) is 47.4 Å². The minimum absolute atomic E-state index is 0.0136. The standard InChI is InChI=1S/C19H17FN2O4S2/c20-14-8-7-13(11-17(14)28(24,25)22-9-3-4-10-22)19(23)26-12-18-21-15-5-1-2-6-16(15)27-18/h1-2,5-8,11H,3-4,9-10,12H2. The Balaban J connectivity index is 1.53. The third kappa shape index (κ3) is 3.65. The lowest BCUT2D eigenvalue weighted by Crippen LogP contribution is -2.28. The van der Waals surface area contributed by atoms with Crippen LogP contribution >= 0.6 is 11.3 Å². The Kier molecular flexibility index (Phi) is 5.13. The largest absolute Gasteiger partial charge is 0.455 e. The SMILES string of the molecule is O=C(OCc1nc2ccccc2s1)c1ccc(F)c(S(=O)(=O)N2CCCC2)c1. The number of halogens is 1. The first-order valence-electron chi connectivity index (χ1n) is 8.76. The van der Waals surface area contributed by atoms with Crippen molar-refractivity contribution < 1.29 is 22.3 Å². The van der Waals surface area contributed by atoms with E-state index < -0.39 is 26.7 Å². The van der Waals surface area contributed by atoms with Crippen LogP contribution in [0.4, 0.5) is 4.39 Å². The molecule has 0 bridgehead atoms. The summed E-state index contributed by atoms with van der Waals surface area (Å²) in [7, 11) is -3.97. The Bertz CT molecular complexity index is 1100. The molecule has 146 valence electrons.